The van der Waals surface area contributed by atoms with Gasteiger partial charge in [0.15, 0.2) is 5.96 Å². The molecule has 3 rings (SSSR count). The number of hydrogen-bond donors (Lipinski definition) is 2. The van der Waals surface area contributed by atoms with Gasteiger partial charge in [-0.05, 0) is 32.9 Å². The van der Waals surface area contributed by atoms with Gasteiger partial charge >= 0.3 is 0 Å². The highest BCUT2D eigenvalue weighted by Crippen LogP contribution is 2.19. The van der Waals surface area contributed by atoms with E-state index in [0.29, 0.717) is 18.9 Å². The summed E-state index contributed by atoms with van der Waals surface area (Å²) in [5, 5.41) is 6.71. The summed E-state index contributed by atoms with van der Waals surface area (Å²) < 4.78 is 0. The number of piperazine rings is 1. The summed E-state index contributed by atoms with van der Waals surface area (Å²) in [5.41, 5.74) is 1.15. The van der Waals surface area contributed by atoms with Crippen molar-refractivity contribution in [1.29, 1.82) is 0 Å². The number of carbonyl (C=O) groups is 1. The fraction of sp³-hybridized carbons (Fsp3) is 0.667. The number of likely N-dealkylation sites (tertiary alicyclic amines) is 1. The molecular formula is C21H35N7O. The standard InChI is InChI=1S/C21H35N7O/c1-3-22-21(24-10-6-12-27-11-5-8-19(27)29)25-17-18-7-4-9-23-20(18)28-15-13-26(2)14-16-28/h4,7,9H,3,5-6,8,10-17H2,1-2H3,(H2,22,24,25). The second-order valence-corrected chi connectivity index (χ2v) is 7.74. The number of pyridine rings is 1. The summed E-state index contributed by atoms with van der Waals surface area (Å²) in [6.45, 7) is 10.1. The molecule has 1 amide bonds. The summed E-state index contributed by atoms with van der Waals surface area (Å²) in [4.78, 5) is 27.8. The van der Waals surface area contributed by atoms with Crippen molar-refractivity contribution in [2.45, 2.75) is 32.7 Å². The number of nitrogens with zero attached hydrogens (tertiary/aromatic N) is 5. The maximum atomic E-state index is 11.7. The van der Waals surface area contributed by atoms with Crippen LogP contribution in [0.2, 0.25) is 0 Å². The largest absolute Gasteiger partial charge is 0.357 e. The zero-order valence-electron chi connectivity index (χ0n) is 17.9. The minimum atomic E-state index is 0.290. The smallest absolute Gasteiger partial charge is 0.222 e. The first-order valence-corrected chi connectivity index (χ1v) is 10.8. The van der Waals surface area contributed by atoms with E-state index >= 15 is 0 Å². The molecule has 0 unspecified atom stereocenters. The molecule has 0 bridgehead atoms. The summed E-state index contributed by atoms with van der Waals surface area (Å²) in [7, 11) is 2.16. The van der Waals surface area contributed by atoms with Crippen molar-refractivity contribution >= 4 is 17.7 Å². The molecule has 2 aliphatic rings. The minimum Gasteiger partial charge on any atom is -0.357 e. The van der Waals surface area contributed by atoms with Crippen LogP contribution in [0.4, 0.5) is 5.82 Å². The van der Waals surface area contributed by atoms with E-state index in [2.05, 4.69) is 45.5 Å². The Hall–Kier alpha value is -2.35. The van der Waals surface area contributed by atoms with Crippen LogP contribution in [0.5, 0.6) is 0 Å². The summed E-state index contributed by atoms with van der Waals surface area (Å²) in [6, 6.07) is 4.10. The van der Waals surface area contributed by atoms with Crippen LogP contribution in [-0.2, 0) is 11.3 Å². The molecule has 2 saturated heterocycles. The molecule has 2 N–H and O–H groups in total. The molecule has 8 heteroatoms. The highest BCUT2D eigenvalue weighted by atomic mass is 16.2. The number of aromatic nitrogens is 1. The van der Waals surface area contributed by atoms with Gasteiger partial charge in [0, 0.05) is 70.5 Å². The fourth-order valence-electron chi connectivity index (χ4n) is 3.78. The van der Waals surface area contributed by atoms with Crippen molar-refractivity contribution in [3.8, 4) is 0 Å². The predicted octanol–water partition coefficient (Wildman–Crippen LogP) is 0.901. The van der Waals surface area contributed by atoms with E-state index in [0.717, 1.165) is 82.5 Å². The molecule has 0 aromatic carbocycles. The van der Waals surface area contributed by atoms with Crippen LogP contribution in [0.15, 0.2) is 23.3 Å². The third-order valence-electron chi connectivity index (χ3n) is 5.49. The highest BCUT2D eigenvalue weighted by Gasteiger charge is 2.19. The Morgan fingerprint density at radius 2 is 2.03 bits per heavy atom. The number of likely N-dealkylation sites (N-methyl/N-ethyl adjacent to an activating group) is 1. The predicted molar refractivity (Wildman–Crippen MR) is 117 cm³/mol. The SMILES string of the molecule is CCNC(=NCc1cccnc1N1CCN(C)CC1)NCCCN1CCCC1=O. The Morgan fingerprint density at radius 1 is 1.21 bits per heavy atom. The van der Waals surface area contributed by atoms with E-state index in [1.54, 1.807) is 0 Å². The van der Waals surface area contributed by atoms with Gasteiger partial charge in [0.1, 0.15) is 5.82 Å². The number of amides is 1. The lowest BCUT2D eigenvalue weighted by Crippen LogP contribution is -2.45. The molecule has 2 fully saturated rings. The molecule has 29 heavy (non-hydrogen) atoms. The molecule has 0 radical (unpaired) electrons. The van der Waals surface area contributed by atoms with Gasteiger partial charge in [-0.3, -0.25) is 4.79 Å². The monoisotopic (exact) mass is 401 g/mol. The van der Waals surface area contributed by atoms with Crippen LogP contribution >= 0.6 is 0 Å². The van der Waals surface area contributed by atoms with Crippen LogP contribution in [0.25, 0.3) is 0 Å². The van der Waals surface area contributed by atoms with Crippen molar-refractivity contribution in [3.63, 3.8) is 0 Å². The van der Waals surface area contributed by atoms with Crippen LogP contribution in [0.1, 0.15) is 31.7 Å². The molecule has 1 aromatic heterocycles. The first-order chi connectivity index (χ1) is 14.2. The fourth-order valence-corrected chi connectivity index (χ4v) is 3.78. The highest BCUT2D eigenvalue weighted by molar-refractivity contribution is 5.80. The maximum absolute atomic E-state index is 11.7. The quantitative estimate of drug-likeness (QED) is 0.383. The van der Waals surface area contributed by atoms with Gasteiger partial charge in [-0.1, -0.05) is 6.07 Å². The molecule has 2 aliphatic heterocycles. The normalized spacial score (nSPS) is 18.4. The molecule has 8 nitrogen and oxygen atoms in total. The number of guanidine groups is 1. The zero-order chi connectivity index (χ0) is 20.5. The van der Waals surface area contributed by atoms with Crippen molar-refractivity contribution < 1.29 is 4.79 Å². The summed E-state index contributed by atoms with van der Waals surface area (Å²) in [6.07, 6.45) is 4.49. The molecule has 0 saturated carbocycles. The number of hydrogen-bond acceptors (Lipinski definition) is 5. The third-order valence-corrected chi connectivity index (χ3v) is 5.49. The average molecular weight is 402 g/mol. The van der Waals surface area contributed by atoms with Crippen LogP contribution in [0, 0.1) is 0 Å². The lowest BCUT2D eigenvalue weighted by molar-refractivity contribution is -0.127. The third kappa shape index (κ3) is 6.32. The van der Waals surface area contributed by atoms with Gasteiger partial charge in [0.05, 0.1) is 6.54 Å². The van der Waals surface area contributed by atoms with Crippen molar-refractivity contribution in [1.82, 2.24) is 25.4 Å². The van der Waals surface area contributed by atoms with Gasteiger partial charge < -0.3 is 25.3 Å². The molecule has 0 aliphatic carbocycles. The van der Waals surface area contributed by atoms with Crippen molar-refractivity contribution in [2.75, 3.05) is 64.3 Å². The van der Waals surface area contributed by atoms with Crippen LogP contribution in [-0.4, -0.2) is 86.1 Å². The van der Waals surface area contributed by atoms with E-state index in [1.807, 2.05) is 17.2 Å². The van der Waals surface area contributed by atoms with Gasteiger partial charge in [0.2, 0.25) is 5.91 Å². The number of rotatable bonds is 8. The Kier molecular flexibility index (Phi) is 8.10. The van der Waals surface area contributed by atoms with Crippen molar-refractivity contribution in [3.05, 3.63) is 23.9 Å². The Balaban J connectivity index is 1.53. The number of aliphatic imine (C=N–C) groups is 1. The van der Waals surface area contributed by atoms with Crippen molar-refractivity contribution in [2.24, 2.45) is 4.99 Å². The van der Waals surface area contributed by atoms with E-state index in [1.165, 1.54) is 0 Å². The van der Waals surface area contributed by atoms with E-state index < -0.39 is 0 Å². The maximum Gasteiger partial charge on any atom is 0.222 e. The van der Waals surface area contributed by atoms with E-state index in [9.17, 15) is 4.79 Å². The number of anilines is 1. The summed E-state index contributed by atoms with van der Waals surface area (Å²) >= 11 is 0. The van der Waals surface area contributed by atoms with E-state index in [-0.39, 0.29) is 0 Å². The van der Waals surface area contributed by atoms with Gasteiger partial charge in [-0.15, -0.1) is 0 Å². The van der Waals surface area contributed by atoms with Gasteiger partial charge in [-0.25, -0.2) is 9.98 Å². The zero-order valence-corrected chi connectivity index (χ0v) is 17.9. The minimum absolute atomic E-state index is 0.290. The molecule has 3 heterocycles. The van der Waals surface area contributed by atoms with E-state index in [4.69, 9.17) is 4.99 Å². The molecule has 160 valence electrons. The van der Waals surface area contributed by atoms with Crippen LogP contribution in [0.3, 0.4) is 0 Å². The van der Waals surface area contributed by atoms with Gasteiger partial charge in [0.25, 0.3) is 0 Å². The molecular weight excluding hydrogens is 366 g/mol. The van der Waals surface area contributed by atoms with Gasteiger partial charge in [-0.2, -0.15) is 0 Å². The molecule has 1 aromatic rings. The molecule has 0 atom stereocenters. The topological polar surface area (TPSA) is 76.1 Å². The Labute approximate surface area is 174 Å². The second kappa shape index (κ2) is 11.0. The number of nitrogens with one attached hydrogen (secondary N) is 2. The second-order valence-electron chi connectivity index (χ2n) is 7.74. The Bertz CT molecular complexity index is 685. The first kappa shape index (κ1) is 21.4. The first-order valence-electron chi connectivity index (χ1n) is 10.8. The summed E-state index contributed by atoms with van der Waals surface area (Å²) in [5.74, 6) is 2.15. The average Bonchev–Trinajstić information content (AvgIpc) is 3.15. The lowest BCUT2D eigenvalue weighted by Gasteiger charge is -2.34. The number of carbonyl (C=O) groups excluding carboxylic acids is 1. The Morgan fingerprint density at radius 3 is 2.76 bits per heavy atom. The van der Waals surface area contributed by atoms with Crippen LogP contribution < -0.4 is 15.5 Å². The lowest BCUT2D eigenvalue weighted by atomic mass is 10.2. The molecule has 0 spiro atoms.